The van der Waals surface area contributed by atoms with Gasteiger partial charge in [-0.2, -0.15) is 0 Å². The Morgan fingerprint density at radius 2 is 1.54 bits per heavy atom. The molecular weight excluding hydrogens is 336 g/mol. The second-order valence-corrected chi connectivity index (χ2v) is 7.54. The van der Waals surface area contributed by atoms with E-state index in [2.05, 4.69) is 0 Å². The standard InChI is InChI=1S/C20H28O6/c1-11(2)7-8-14(21)20(26)18(24)15(16(22)13(5)6)17(23)19(20,25)10-9-12(3)4/h7,9,13,23,25-26H,8,10H2,1-6H3/t19-,20+/m0/s1. The normalized spacial score (nSPS) is 25.5. The lowest BCUT2D eigenvalue weighted by Crippen LogP contribution is -2.61. The van der Waals surface area contributed by atoms with Gasteiger partial charge in [-0.25, -0.2) is 0 Å². The van der Waals surface area contributed by atoms with Crippen LogP contribution in [0.5, 0.6) is 0 Å². The Hall–Kier alpha value is -2.05. The van der Waals surface area contributed by atoms with Crippen LogP contribution in [0.2, 0.25) is 0 Å². The average Bonchev–Trinajstić information content (AvgIpc) is 2.69. The van der Waals surface area contributed by atoms with Crippen LogP contribution in [0.1, 0.15) is 54.4 Å². The van der Waals surface area contributed by atoms with Gasteiger partial charge in [0.2, 0.25) is 11.4 Å². The molecule has 0 aromatic heterocycles. The molecule has 0 saturated carbocycles. The van der Waals surface area contributed by atoms with Crippen molar-refractivity contribution in [2.24, 2.45) is 5.92 Å². The lowest BCUT2D eigenvalue weighted by atomic mass is 9.76. The van der Waals surface area contributed by atoms with E-state index in [1.54, 1.807) is 27.7 Å². The number of rotatable bonds is 7. The minimum atomic E-state index is -2.91. The molecule has 0 heterocycles. The molecule has 0 bridgehead atoms. The predicted octanol–water partition coefficient (Wildman–Crippen LogP) is 2.35. The van der Waals surface area contributed by atoms with Gasteiger partial charge in [-0.1, -0.05) is 37.1 Å². The second-order valence-electron chi connectivity index (χ2n) is 7.54. The van der Waals surface area contributed by atoms with Gasteiger partial charge in [-0.3, -0.25) is 14.4 Å². The van der Waals surface area contributed by atoms with Gasteiger partial charge in [0.05, 0.1) is 0 Å². The maximum atomic E-state index is 12.8. The monoisotopic (exact) mass is 364 g/mol. The highest BCUT2D eigenvalue weighted by molar-refractivity contribution is 6.33. The van der Waals surface area contributed by atoms with Crippen LogP contribution in [0.15, 0.2) is 34.6 Å². The number of aliphatic hydroxyl groups excluding tert-OH is 1. The summed E-state index contributed by atoms with van der Waals surface area (Å²) in [5, 5.41) is 32.5. The van der Waals surface area contributed by atoms with Crippen molar-refractivity contribution in [2.75, 3.05) is 0 Å². The lowest BCUT2D eigenvalue weighted by Gasteiger charge is -2.35. The minimum Gasteiger partial charge on any atom is -0.508 e. The summed E-state index contributed by atoms with van der Waals surface area (Å²) in [6.45, 7) is 9.98. The zero-order valence-electron chi connectivity index (χ0n) is 16.2. The Kier molecular flexibility index (Phi) is 6.49. The second kappa shape index (κ2) is 7.68. The molecule has 1 aliphatic carbocycles. The molecule has 0 radical (unpaired) electrons. The Bertz CT molecular complexity index is 717. The van der Waals surface area contributed by atoms with Crippen molar-refractivity contribution in [1.82, 2.24) is 0 Å². The maximum absolute atomic E-state index is 12.8. The van der Waals surface area contributed by atoms with Crippen molar-refractivity contribution in [2.45, 2.75) is 65.6 Å². The zero-order chi connectivity index (χ0) is 20.4. The number of carbonyl (C=O) groups excluding carboxylic acids is 3. The SMILES string of the molecule is CC(C)=CCC(=O)[C@@]1(O)C(=O)C(C(=O)C(C)C)=C(O)[C@@]1(O)CC=C(C)C. The predicted molar refractivity (Wildman–Crippen MR) is 97.5 cm³/mol. The largest absolute Gasteiger partial charge is 0.508 e. The van der Waals surface area contributed by atoms with Crippen LogP contribution in [0.4, 0.5) is 0 Å². The molecule has 144 valence electrons. The molecule has 0 fully saturated rings. The third kappa shape index (κ3) is 3.57. The molecule has 1 aliphatic rings. The first-order valence-electron chi connectivity index (χ1n) is 8.58. The number of aliphatic hydroxyl groups is 3. The topological polar surface area (TPSA) is 112 Å². The summed E-state index contributed by atoms with van der Waals surface area (Å²) in [7, 11) is 0. The minimum absolute atomic E-state index is 0.307. The molecular formula is C20H28O6. The summed E-state index contributed by atoms with van der Waals surface area (Å²) in [4.78, 5) is 37.9. The van der Waals surface area contributed by atoms with Crippen LogP contribution in [0, 0.1) is 5.92 Å². The molecule has 0 unspecified atom stereocenters. The van der Waals surface area contributed by atoms with E-state index < -0.39 is 45.8 Å². The van der Waals surface area contributed by atoms with E-state index in [9.17, 15) is 29.7 Å². The number of Topliss-reactive ketones (excluding diaryl/α,β-unsaturated/α-hetero) is 3. The van der Waals surface area contributed by atoms with E-state index in [0.717, 1.165) is 11.1 Å². The highest BCUT2D eigenvalue weighted by Gasteiger charge is 2.68. The zero-order valence-corrected chi connectivity index (χ0v) is 16.2. The highest BCUT2D eigenvalue weighted by Crippen LogP contribution is 2.45. The summed E-state index contributed by atoms with van der Waals surface area (Å²) in [6, 6.07) is 0. The third-order valence-corrected chi connectivity index (χ3v) is 4.46. The smallest absolute Gasteiger partial charge is 0.223 e. The van der Waals surface area contributed by atoms with Crippen LogP contribution in [-0.2, 0) is 14.4 Å². The number of hydrogen-bond donors (Lipinski definition) is 3. The van der Waals surface area contributed by atoms with Crippen molar-refractivity contribution in [3.8, 4) is 0 Å². The molecule has 6 heteroatoms. The number of carbonyl (C=O) groups is 3. The van der Waals surface area contributed by atoms with E-state index in [1.807, 2.05) is 0 Å². The van der Waals surface area contributed by atoms with Crippen LogP contribution in [0.3, 0.4) is 0 Å². The fourth-order valence-corrected chi connectivity index (χ4v) is 2.77. The van der Waals surface area contributed by atoms with Gasteiger partial charge in [-0.05, 0) is 27.7 Å². The maximum Gasteiger partial charge on any atom is 0.223 e. The summed E-state index contributed by atoms with van der Waals surface area (Å²) in [5.74, 6) is -4.53. The van der Waals surface area contributed by atoms with Crippen molar-refractivity contribution in [3.63, 3.8) is 0 Å². The fourth-order valence-electron chi connectivity index (χ4n) is 2.77. The van der Waals surface area contributed by atoms with Gasteiger partial charge in [0.25, 0.3) is 0 Å². The summed E-state index contributed by atoms with van der Waals surface area (Å²) >= 11 is 0. The molecule has 0 saturated heterocycles. The number of ketones is 3. The van der Waals surface area contributed by atoms with Crippen molar-refractivity contribution >= 4 is 17.3 Å². The quantitative estimate of drug-likeness (QED) is 0.363. The first-order valence-corrected chi connectivity index (χ1v) is 8.58. The van der Waals surface area contributed by atoms with Gasteiger partial charge >= 0.3 is 0 Å². The van der Waals surface area contributed by atoms with Gasteiger partial charge in [-0.15, -0.1) is 0 Å². The summed E-state index contributed by atoms with van der Waals surface area (Å²) in [6.07, 6.45) is 2.32. The molecule has 0 aromatic rings. The fraction of sp³-hybridized carbons (Fsp3) is 0.550. The Morgan fingerprint density at radius 1 is 1.04 bits per heavy atom. The first-order chi connectivity index (χ1) is 11.8. The van der Waals surface area contributed by atoms with Gasteiger partial charge in [0.15, 0.2) is 17.2 Å². The molecule has 0 spiro atoms. The molecule has 6 nitrogen and oxygen atoms in total. The highest BCUT2D eigenvalue weighted by atomic mass is 16.4. The van der Waals surface area contributed by atoms with Crippen molar-refractivity contribution in [3.05, 3.63) is 34.6 Å². The van der Waals surface area contributed by atoms with E-state index in [4.69, 9.17) is 0 Å². The molecule has 0 aliphatic heterocycles. The number of allylic oxidation sites excluding steroid dienone is 3. The van der Waals surface area contributed by atoms with Gasteiger partial charge < -0.3 is 15.3 Å². The summed E-state index contributed by atoms with van der Waals surface area (Å²) < 4.78 is 0. The third-order valence-electron chi connectivity index (χ3n) is 4.46. The molecule has 0 aromatic carbocycles. The lowest BCUT2D eigenvalue weighted by molar-refractivity contribution is -0.171. The van der Waals surface area contributed by atoms with E-state index in [0.29, 0.717) is 0 Å². The van der Waals surface area contributed by atoms with Gasteiger partial charge in [0.1, 0.15) is 11.3 Å². The van der Waals surface area contributed by atoms with Crippen LogP contribution in [0.25, 0.3) is 0 Å². The van der Waals surface area contributed by atoms with Gasteiger partial charge in [0, 0.05) is 18.8 Å². The molecule has 0 amide bonds. The Labute approximate surface area is 153 Å². The van der Waals surface area contributed by atoms with Crippen molar-refractivity contribution < 1.29 is 29.7 Å². The average molecular weight is 364 g/mol. The van der Waals surface area contributed by atoms with Crippen LogP contribution in [-0.4, -0.2) is 43.9 Å². The Morgan fingerprint density at radius 3 is 1.96 bits per heavy atom. The van der Waals surface area contributed by atoms with E-state index >= 15 is 0 Å². The molecule has 2 atom stereocenters. The molecule has 3 N–H and O–H groups in total. The van der Waals surface area contributed by atoms with E-state index in [-0.39, 0.29) is 12.8 Å². The van der Waals surface area contributed by atoms with Crippen LogP contribution < -0.4 is 0 Å². The molecule has 1 rings (SSSR count). The van der Waals surface area contributed by atoms with Crippen LogP contribution >= 0.6 is 0 Å². The van der Waals surface area contributed by atoms with Crippen molar-refractivity contribution in [1.29, 1.82) is 0 Å². The Balaban J connectivity index is 3.60. The number of hydrogen-bond acceptors (Lipinski definition) is 6. The molecule has 26 heavy (non-hydrogen) atoms. The van der Waals surface area contributed by atoms with E-state index in [1.165, 1.54) is 26.0 Å². The summed E-state index contributed by atoms with van der Waals surface area (Å²) in [5.41, 5.74) is -4.64. The first kappa shape index (κ1) is 22.0.